The lowest BCUT2D eigenvalue weighted by Crippen LogP contribution is -2.44. The van der Waals surface area contributed by atoms with Crippen LogP contribution < -0.4 is 4.90 Å². The third-order valence-electron chi connectivity index (χ3n) is 5.42. The average molecular weight is 304 g/mol. The highest BCUT2D eigenvalue weighted by atomic mass is 16.5. The van der Waals surface area contributed by atoms with E-state index in [1.54, 1.807) is 18.3 Å². The van der Waals surface area contributed by atoms with Gasteiger partial charge in [0, 0.05) is 25.2 Å². The van der Waals surface area contributed by atoms with Gasteiger partial charge < -0.3 is 14.7 Å². The standard InChI is InChI=1S/C17H24N2O3/c1-3-17(21)8-4-6-12-10-19(11-14(12)17)15-13(16(20)22-2)7-5-9-18-15/h5,7,9,12,14,21H,3-4,6,8,10-11H2,1-2H3/t12-,14+,17-/m0/s1. The van der Waals surface area contributed by atoms with Gasteiger partial charge in [0.2, 0.25) is 0 Å². The molecular formula is C17H24N2O3. The lowest BCUT2D eigenvalue weighted by Gasteiger charge is -2.40. The molecule has 0 spiro atoms. The molecule has 5 nitrogen and oxygen atoms in total. The molecule has 2 heterocycles. The normalized spacial score (nSPS) is 31.0. The average Bonchev–Trinajstić information content (AvgIpc) is 3.00. The highest BCUT2D eigenvalue weighted by Crippen LogP contribution is 2.45. The number of hydrogen-bond donors (Lipinski definition) is 1. The molecule has 3 rings (SSSR count). The quantitative estimate of drug-likeness (QED) is 0.868. The van der Waals surface area contributed by atoms with Crippen molar-refractivity contribution >= 4 is 11.8 Å². The summed E-state index contributed by atoms with van der Waals surface area (Å²) in [6.45, 7) is 3.68. The summed E-state index contributed by atoms with van der Waals surface area (Å²) in [7, 11) is 1.39. The van der Waals surface area contributed by atoms with E-state index in [0.717, 1.165) is 38.8 Å². The molecule has 2 aliphatic rings. The van der Waals surface area contributed by atoms with Crippen LogP contribution in [0.3, 0.4) is 0 Å². The van der Waals surface area contributed by atoms with Crippen LogP contribution in [0.4, 0.5) is 5.82 Å². The monoisotopic (exact) mass is 304 g/mol. The minimum absolute atomic E-state index is 0.263. The van der Waals surface area contributed by atoms with E-state index in [-0.39, 0.29) is 11.9 Å². The third kappa shape index (κ3) is 2.47. The first-order chi connectivity index (χ1) is 10.6. The van der Waals surface area contributed by atoms with Crippen molar-refractivity contribution in [2.24, 2.45) is 11.8 Å². The number of rotatable bonds is 3. The maximum Gasteiger partial charge on any atom is 0.341 e. The molecule has 1 aromatic rings. The lowest BCUT2D eigenvalue weighted by atomic mass is 9.69. The summed E-state index contributed by atoms with van der Waals surface area (Å²) < 4.78 is 4.86. The molecule has 0 aromatic carbocycles. The van der Waals surface area contributed by atoms with E-state index < -0.39 is 5.60 Å². The second-order valence-electron chi connectivity index (χ2n) is 6.49. The van der Waals surface area contributed by atoms with Gasteiger partial charge in [-0.15, -0.1) is 0 Å². The molecule has 1 saturated carbocycles. The molecule has 5 heteroatoms. The molecule has 22 heavy (non-hydrogen) atoms. The maximum absolute atomic E-state index is 12.0. The van der Waals surface area contributed by atoms with Crippen molar-refractivity contribution in [2.45, 2.75) is 38.2 Å². The lowest BCUT2D eigenvalue weighted by molar-refractivity contribution is -0.0597. The van der Waals surface area contributed by atoms with E-state index in [1.807, 2.05) is 0 Å². The zero-order valence-corrected chi connectivity index (χ0v) is 13.3. The van der Waals surface area contributed by atoms with Gasteiger partial charge in [0.1, 0.15) is 11.4 Å². The van der Waals surface area contributed by atoms with Crippen molar-refractivity contribution in [1.82, 2.24) is 4.98 Å². The fraction of sp³-hybridized carbons (Fsp3) is 0.647. The molecule has 3 atom stereocenters. The fourth-order valence-corrected chi connectivity index (χ4v) is 4.16. The van der Waals surface area contributed by atoms with Crippen LogP contribution in [0.15, 0.2) is 18.3 Å². The van der Waals surface area contributed by atoms with Gasteiger partial charge in [-0.3, -0.25) is 0 Å². The minimum Gasteiger partial charge on any atom is -0.465 e. The molecule has 2 fully saturated rings. The van der Waals surface area contributed by atoms with Crippen LogP contribution in [0.5, 0.6) is 0 Å². The van der Waals surface area contributed by atoms with Gasteiger partial charge in [0.15, 0.2) is 0 Å². The number of methoxy groups -OCH3 is 1. The Morgan fingerprint density at radius 2 is 2.36 bits per heavy atom. The molecule has 0 bridgehead atoms. The summed E-state index contributed by atoms with van der Waals surface area (Å²) in [4.78, 5) is 18.5. The predicted octanol–water partition coefficient (Wildman–Crippen LogP) is 2.25. The van der Waals surface area contributed by atoms with Gasteiger partial charge in [-0.25, -0.2) is 9.78 Å². The first kappa shape index (κ1) is 15.3. The van der Waals surface area contributed by atoms with E-state index >= 15 is 0 Å². The minimum atomic E-state index is -0.572. The second-order valence-corrected chi connectivity index (χ2v) is 6.49. The van der Waals surface area contributed by atoms with Crippen molar-refractivity contribution in [1.29, 1.82) is 0 Å². The number of carbonyl (C=O) groups is 1. The number of aromatic nitrogens is 1. The third-order valence-corrected chi connectivity index (χ3v) is 5.42. The van der Waals surface area contributed by atoms with Crippen LogP contribution in [0, 0.1) is 11.8 Å². The number of aliphatic hydroxyl groups is 1. The van der Waals surface area contributed by atoms with Crippen LogP contribution >= 0.6 is 0 Å². The van der Waals surface area contributed by atoms with Crippen molar-refractivity contribution < 1.29 is 14.6 Å². The second kappa shape index (κ2) is 5.88. The van der Waals surface area contributed by atoms with Crippen molar-refractivity contribution in [2.75, 3.05) is 25.1 Å². The summed E-state index contributed by atoms with van der Waals surface area (Å²) in [5.41, 5.74) is -0.0681. The summed E-state index contributed by atoms with van der Waals surface area (Å²) in [5, 5.41) is 10.9. The number of nitrogens with zero attached hydrogens (tertiary/aromatic N) is 2. The Hall–Kier alpha value is -1.62. The largest absolute Gasteiger partial charge is 0.465 e. The molecule has 120 valence electrons. The molecule has 0 radical (unpaired) electrons. The van der Waals surface area contributed by atoms with Crippen molar-refractivity contribution in [3.63, 3.8) is 0 Å². The summed E-state index contributed by atoms with van der Waals surface area (Å²) >= 11 is 0. The summed E-state index contributed by atoms with van der Waals surface area (Å²) in [6.07, 6.45) is 5.59. The van der Waals surface area contributed by atoms with E-state index in [9.17, 15) is 9.90 Å². The van der Waals surface area contributed by atoms with Crippen LogP contribution in [0.1, 0.15) is 43.0 Å². The van der Waals surface area contributed by atoms with Gasteiger partial charge in [-0.2, -0.15) is 0 Å². The zero-order chi connectivity index (χ0) is 15.7. The Labute approximate surface area is 131 Å². The van der Waals surface area contributed by atoms with Crippen LogP contribution in [-0.2, 0) is 4.74 Å². The number of anilines is 1. The van der Waals surface area contributed by atoms with Gasteiger partial charge in [-0.1, -0.05) is 13.3 Å². The van der Waals surface area contributed by atoms with E-state index in [2.05, 4.69) is 16.8 Å². The van der Waals surface area contributed by atoms with E-state index in [4.69, 9.17) is 4.74 Å². The molecule has 1 aliphatic heterocycles. The van der Waals surface area contributed by atoms with Crippen LogP contribution in [0.2, 0.25) is 0 Å². The first-order valence-corrected chi connectivity index (χ1v) is 8.09. The van der Waals surface area contributed by atoms with Gasteiger partial charge in [0.25, 0.3) is 0 Å². The Kier molecular flexibility index (Phi) is 4.08. The smallest absolute Gasteiger partial charge is 0.341 e. The van der Waals surface area contributed by atoms with Crippen LogP contribution in [-0.4, -0.2) is 41.9 Å². The van der Waals surface area contributed by atoms with Crippen molar-refractivity contribution in [3.05, 3.63) is 23.9 Å². The van der Waals surface area contributed by atoms with Gasteiger partial charge in [0.05, 0.1) is 12.7 Å². The molecule has 1 aliphatic carbocycles. The maximum atomic E-state index is 12.0. The first-order valence-electron chi connectivity index (χ1n) is 8.09. The predicted molar refractivity (Wildman–Crippen MR) is 83.9 cm³/mol. The summed E-state index contributed by atoms with van der Waals surface area (Å²) in [6, 6.07) is 3.50. The zero-order valence-electron chi connectivity index (χ0n) is 13.3. The number of carbonyl (C=O) groups excluding carboxylic acids is 1. The molecule has 1 aromatic heterocycles. The number of pyridine rings is 1. The molecule has 1 saturated heterocycles. The number of hydrogen-bond acceptors (Lipinski definition) is 5. The molecule has 1 N–H and O–H groups in total. The van der Waals surface area contributed by atoms with E-state index in [1.165, 1.54) is 7.11 Å². The Bertz CT molecular complexity index is 563. The van der Waals surface area contributed by atoms with Gasteiger partial charge >= 0.3 is 5.97 Å². The van der Waals surface area contributed by atoms with Crippen molar-refractivity contribution in [3.8, 4) is 0 Å². The molecular weight excluding hydrogens is 280 g/mol. The molecule has 0 unspecified atom stereocenters. The van der Waals surface area contributed by atoms with Crippen LogP contribution in [0.25, 0.3) is 0 Å². The number of fused-ring (bicyclic) bond motifs is 1. The van der Waals surface area contributed by atoms with E-state index in [0.29, 0.717) is 17.3 Å². The number of esters is 1. The van der Waals surface area contributed by atoms with Gasteiger partial charge in [-0.05, 0) is 37.3 Å². The SMILES string of the molecule is CC[C@]1(O)CCC[C@H]2CN(c3ncccc3C(=O)OC)C[C@H]21. The summed E-state index contributed by atoms with van der Waals surface area (Å²) in [5.74, 6) is 1.07. The number of ether oxygens (including phenoxy) is 1. The molecule has 0 amide bonds. The highest BCUT2D eigenvalue weighted by molar-refractivity contribution is 5.94. The Morgan fingerprint density at radius 1 is 1.55 bits per heavy atom. The Morgan fingerprint density at radius 3 is 3.09 bits per heavy atom. The topological polar surface area (TPSA) is 62.7 Å². The Balaban J connectivity index is 1.88. The fourth-order valence-electron chi connectivity index (χ4n) is 4.16. The highest BCUT2D eigenvalue weighted by Gasteiger charge is 2.48.